The third kappa shape index (κ3) is 4.33. The number of aromatic amines is 1. The number of rotatable bonds is 6. The fraction of sp³-hybridized carbons (Fsp3) is 0.381. The molecule has 1 aliphatic heterocycles. The summed E-state index contributed by atoms with van der Waals surface area (Å²) in [7, 11) is 1.88. The van der Waals surface area contributed by atoms with Crippen molar-refractivity contribution in [3.8, 4) is 0 Å². The molecule has 3 aromatic rings. The zero-order valence-electron chi connectivity index (χ0n) is 17.0. The summed E-state index contributed by atoms with van der Waals surface area (Å²) in [6.07, 6.45) is 3.76. The number of aliphatic hydroxyl groups is 1. The number of anilines is 1. The maximum Gasteiger partial charge on any atom is 0.255 e. The van der Waals surface area contributed by atoms with E-state index in [2.05, 4.69) is 42.5 Å². The highest BCUT2D eigenvalue weighted by Crippen LogP contribution is 2.24. The fourth-order valence-electron chi connectivity index (χ4n) is 3.79. The van der Waals surface area contributed by atoms with Crippen molar-refractivity contribution in [1.82, 2.24) is 25.0 Å². The van der Waals surface area contributed by atoms with Gasteiger partial charge >= 0.3 is 0 Å². The van der Waals surface area contributed by atoms with Crippen LogP contribution >= 0.6 is 15.9 Å². The topological polar surface area (TPSA) is 97.4 Å². The van der Waals surface area contributed by atoms with E-state index in [1.807, 2.05) is 35.2 Å². The van der Waals surface area contributed by atoms with Gasteiger partial charge < -0.3 is 15.3 Å². The molecule has 2 atom stereocenters. The molecule has 0 bridgehead atoms. The van der Waals surface area contributed by atoms with E-state index in [4.69, 9.17) is 0 Å². The molecule has 2 aromatic heterocycles. The van der Waals surface area contributed by atoms with Crippen molar-refractivity contribution in [2.75, 3.05) is 25.5 Å². The quantitative estimate of drug-likeness (QED) is 0.477. The zero-order valence-corrected chi connectivity index (χ0v) is 18.6. The molecule has 3 heterocycles. The number of likely N-dealkylation sites (tertiary alicyclic amines) is 1. The van der Waals surface area contributed by atoms with E-state index in [0.717, 1.165) is 27.4 Å². The molecule has 0 spiro atoms. The number of likely N-dealkylation sites (N-methyl/N-ethyl adjacent to an activating group) is 1. The van der Waals surface area contributed by atoms with Gasteiger partial charge in [-0.3, -0.25) is 14.8 Å². The van der Waals surface area contributed by atoms with Crippen LogP contribution in [0.1, 0.15) is 29.3 Å². The second-order valence-electron chi connectivity index (χ2n) is 7.67. The molecule has 1 amide bonds. The van der Waals surface area contributed by atoms with Gasteiger partial charge in [-0.25, -0.2) is 4.98 Å². The minimum atomic E-state index is -0.523. The van der Waals surface area contributed by atoms with Gasteiger partial charge in [0.05, 0.1) is 17.3 Å². The van der Waals surface area contributed by atoms with Gasteiger partial charge in [-0.1, -0.05) is 15.9 Å². The van der Waals surface area contributed by atoms with E-state index in [1.54, 1.807) is 19.2 Å². The van der Waals surface area contributed by atoms with E-state index >= 15 is 0 Å². The Morgan fingerprint density at radius 3 is 3.00 bits per heavy atom. The first-order valence-corrected chi connectivity index (χ1v) is 10.7. The fourth-order valence-corrected chi connectivity index (χ4v) is 4.29. The monoisotopic (exact) mass is 472 g/mol. The van der Waals surface area contributed by atoms with Crippen molar-refractivity contribution < 1.29 is 9.90 Å². The predicted molar refractivity (Wildman–Crippen MR) is 119 cm³/mol. The summed E-state index contributed by atoms with van der Waals surface area (Å²) in [6, 6.07) is 7.85. The lowest BCUT2D eigenvalue weighted by atomic mass is 10.1. The van der Waals surface area contributed by atoms with Crippen LogP contribution < -0.4 is 5.32 Å². The molecule has 1 fully saturated rings. The normalized spacial score (nSPS) is 17.6. The summed E-state index contributed by atoms with van der Waals surface area (Å²) in [5, 5.41) is 21.2. The van der Waals surface area contributed by atoms with Crippen LogP contribution in [0.3, 0.4) is 0 Å². The van der Waals surface area contributed by atoms with E-state index < -0.39 is 6.23 Å². The zero-order chi connectivity index (χ0) is 21.3. The van der Waals surface area contributed by atoms with Gasteiger partial charge in [0.25, 0.3) is 5.91 Å². The van der Waals surface area contributed by atoms with Gasteiger partial charge in [0.15, 0.2) is 0 Å². The Labute approximate surface area is 183 Å². The minimum absolute atomic E-state index is 0.0253. The number of pyridine rings is 1. The number of hydrogen-bond donors (Lipinski definition) is 3. The number of benzene rings is 1. The summed E-state index contributed by atoms with van der Waals surface area (Å²) in [5.74, 6) is 0.680. The second-order valence-corrected chi connectivity index (χ2v) is 8.59. The molecule has 0 aliphatic carbocycles. The molecular weight excluding hydrogens is 448 g/mol. The van der Waals surface area contributed by atoms with E-state index in [0.29, 0.717) is 31.0 Å². The van der Waals surface area contributed by atoms with Gasteiger partial charge in [0.1, 0.15) is 12.0 Å². The first kappa shape index (κ1) is 20.8. The number of amides is 1. The SMILES string of the molecule is CC(O)N(C)[C@H]1CCN(C(=O)c2ccc(NCc3cc(Br)cc4[nH]ncc34)nc2)C1. The van der Waals surface area contributed by atoms with Gasteiger partial charge in [-0.15, -0.1) is 0 Å². The van der Waals surface area contributed by atoms with Crippen LogP contribution in [0.15, 0.2) is 41.1 Å². The highest BCUT2D eigenvalue weighted by Gasteiger charge is 2.30. The summed E-state index contributed by atoms with van der Waals surface area (Å²) < 4.78 is 0.982. The average molecular weight is 473 g/mol. The maximum absolute atomic E-state index is 12.8. The number of carbonyl (C=O) groups is 1. The van der Waals surface area contributed by atoms with Crippen LogP contribution in [0.4, 0.5) is 5.82 Å². The lowest BCUT2D eigenvalue weighted by molar-refractivity contribution is 0.0109. The van der Waals surface area contributed by atoms with Crippen LogP contribution in [0, 0.1) is 0 Å². The number of H-pyrrole nitrogens is 1. The maximum atomic E-state index is 12.8. The molecular formula is C21H25BrN6O2. The standard InChI is InChI=1S/C21H25BrN6O2/c1-13(29)27(2)17-5-6-28(12-17)21(30)14-3-4-20(23-9-14)24-10-15-7-16(22)8-19-18(15)11-25-26-19/h3-4,7-9,11,13,17,29H,5-6,10,12H2,1-2H3,(H,23,24)(H,25,26)/t13?,17-/m0/s1. The Kier molecular flexibility index (Phi) is 6.03. The molecule has 1 saturated heterocycles. The van der Waals surface area contributed by atoms with Crippen molar-refractivity contribution in [2.45, 2.75) is 32.2 Å². The lowest BCUT2D eigenvalue weighted by Crippen LogP contribution is -2.41. The van der Waals surface area contributed by atoms with Crippen LogP contribution in [-0.4, -0.2) is 68.4 Å². The van der Waals surface area contributed by atoms with Crippen molar-refractivity contribution in [1.29, 1.82) is 0 Å². The molecule has 4 rings (SSSR count). The van der Waals surface area contributed by atoms with E-state index in [1.165, 1.54) is 0 Å². The van der Waals surface area contributed by atoms with Crippen LogP contribution in [0.5, 0.6) is 0 Å². The summed E-state index contributed by atoms with van der Waals surface area (Å²) in [4.78, 5) is 20.9. The van der Waals surface area contributed by atoms with Crippen molar-refractivity contribution >= 4 is 38.6 Å². The van der Waals surface area contributed by atoms with Crippen LogP contribution in [-0.2, 0) is 6.54 Å². The first-order valence-electron chi connectivity index (χ1n) is 9.93. The Bertz CT molecular complexity index is 1040. The molecule has 9 heteroatoms. The Morgan fingerprint density at radius 2 is 2.27 bits per heavy atom. The van der Waals surface area contributed by atoms with Crippen molar-refractivity contribution in [3.63, 3.8) is 0 Å². The minimum Gasteiger partial charge on any atom is -0.379 e. The predicted octanol–water partition coefficient (Wildman–Crippen LogP) is 2.82. The molecule has 3 N–H and O–H groups in total. The number of carbonyl (C=O) groups excluding carboxylic acids is 1. The molecule has 1 unspecified atom stereocenters. The largest absolute Gasteiger partial charge is 0.379 e. The number of halogens is 1. The third-order valence-electron chi connectivity index (χ3n) is 5.70. The van der Waals surface area contributed by atoms with E-state index in [9.17, 15) is 9.90 Å². The number of fused-ring (bicyclic) bond motifs is 1. The van der Waals surface area contributed by atoms with Crippen molar-refractivity contribution in [2.24, 2.45) is 0 Å². The molecule has 0 radical (unpaired) electrons. The Morgan fingerprint density at radius 1 is 1.43 bits per heavy atom. The Hall–Kier alpha value is -2.49. The Balaban J connectivity index is 1.38. The number of hydrogen-bond acceptors (Lipinski definition) is 6. The van der Waals surface area contributed by atoms with Crippen molar-refractivity contribution in [3.05, 3.63) is 52.3 Å². The van der Waals surface area contributed by atoms with Gasteiger partial charge in [0, 0.05) is 41.7 Å². The molecule has 0 saturated carbocycles. The van der Waals surface area contributed by atoms with Crippen LogP contribution in [0.25, 0.3) is 10.9 Å². The van der Waals surface area contributed by atoms with E-state index in [-0.39, 0.29) is 11.9 Å². The second kappa shape index (κ2) is 8.71. The lowest BCUT2D eigenvalue weighted by Gasteiger charge is -2.27. The molecule has 1 aromatic carbocycles. The average Bonchev–Trinajstić information content (AvgIpc) is 3.41. The highest BCUT2D eigenvalue weighted by atomic mass is 79.9. The van der Waals surface area contributed by atoms with Crippen LogP contribution in [0.2, 0.25) is 0 Å². The summed E-state index contributed by atoms with van der Waals surface area (Å²) in [6.45, 7) is 3.63. The summed E-state index contributed by atoms with van der Waals surface area (Å²) >= 11 is 3.52. The molecule has 158 valence electrons. The number of aromatic nitrogens is 3. The highest BCUT2D eigenvalue weighted by molar-refractivity contribution is 9.10. The first-order chi connectivity index (χ1) is 14.4. The molecule has 1 aliphatic rings. The van der Waals surface area contributed by atoms with Gasteiger partial charge in [0.2, 0.25) is 0 Å². The van der Waals surface area contributed by atoms with Gasteiger partial charge in [-0.2, -0.15) is 5.10 Å². The third-order valence-corrected chi connectivity index (χ3v) is 6.15. The van der Waals surface area contributed by atoms with Gasteiger partial charge in [-0.05, 0) is 50.2 Å². The summed E-state index contributed by atoms with van der Waals surface area (Å²) in [5.41, 5.74) is 2.64. The number of aliphatic hydroxyl groups excluding tert-OH is 1. The molecule has 30 heavy (non-hydrogen) atoms. The smallest absolute Gasteiger partial charge is 0.255 e. The number of nitrogens with one attached hydrogen (secondary N) is 2. The molecule has 8 nitrogen and oxygen atoms in total. The number of nitrogens with zero attached hydrogens (tertiary/aromatic N) is 4.